The van der Waals surface area contributed by atoms with Crippen molar-refractivity contribution in [2.75, 3.05) is 0 Å². The molecule has 0 aliphatic carbocycles. The third kappa shape index (κ3) is 4.08. The summed E-state index contributed by atoms with van der Waals surface area (Å²) in [7, 11) is 0. The lowest BCUT2D eigenvalue weighted by Crippen LogP contribution is -2.13. The van der Waals surface area contributed by atoms with E-state index < -0.39 is 5.76 Å². The van der Waals surface area contributed by atoms with Gasteiger partial charge in [-0.05, 0) is 26.0 Å². The summed E-state index contributed by atoms with van der Waals surface area (Å²) in [5.74, 6) is -0.114. The Balaban J connectivity index is 1.80. The topological polar surface area (TPSA) is 51.2 Å². The van der Waals surface area contributed by atoms with Gasteiger partial charge in [-0.15, -0.1) is 0 Å². The van der Waals surface area contributed by atoms with Gasteiger partial charge in [-0.2, -0.15) is 8.78 Å². The molecule has 0 radical (unpaired) electrons. The monoisotopic (exact) mass is 302 g/mol. The maximum absolute atomic E-state index is 12.1. The molecule has 0 aliphatic rings. The zero-order valence-corrected chi connectivity index (χ0v) is 12.1. The summed E-state index contributed by atoms with van der Waals surface area (Å²) < 4.78 is 34.6. The van der Waals surface area contributed by atoms with Crippen LogP contribution in [0.5, 0.6) is 0 Å². The van der Waals surface area contributed by atoms with Crippen molar-refractivity contribution in [1.82, 2.24) is 10.5 Å². The van der Waals surface area contributed by atoms with E-state index in [-0.39, 0.29) is 5.75 Å². The van der Waals surface area contributed by atoms with Crippen molar-refractivity contribution in [2.24, 2.45) is 0 Å². The van der Waals surface area contributed by atoms with Crippen molar-refractivity contribution in [2.45, 2.75) is 38.4 Å². The Labute approximate surface area is 119 Å². The van der Waals surface area contributed by atoms with Gasteiger partial charge >= 0.3 is 0 Å². The molecular formula is C13H16F2N2O2S. The fourth-order valence-electron chi connectivity index (χ4n) is 1.80. The highest BCUT2D eigenvalue weighted by molar-refractivity contribution is 7.98. The molecule has 110 valence electrons. The predicted octanol–water partition coefficient (Wildman–Crippen LogP) is 3.63. The molecule has 1 N–H and O–H groups in total. The molecule has 0 saturated carbocycles. The molecule has 7 heteroatoms. The van der Waals surface area contributed by atoms with E-state index >= 15 is 0 Å². The number of furan rings is 1. The second-order valence-electron chi connectivity index (χ2n) is 4.35. The van der Waals surface area contributed by atoms with E-state index in [0.29, 0.717) is 30.6 Å². The van der Waals surface area contributed by atoms with Gasteiger partial charge in [-0.1, -0.05) is 16.9 Å². The Bertz CT molecular complexity index is 535. The molecule has 2 heterocycles. The maximum atomic E-state index is 12.1. The SMILES string of the molecule is Cc1noc(C)c1CNCc1ccc(CSC(F)F)o1. The fraction of sp³-hybridized carbons (Fsp3) is 0.462. The summed E-state index contributed by atoms with van der Waals surface area (Å²) in [6.07, 6.45) is 0. The van der Waals surface area contributed by atoms with E-state index in [1.807, 2.05) is 13.8 Å². The van der Waals surface area contributed by atoms with Crippen molar-refractivity contribution in [3.63, 3.8) is 0 Å². The quantitative estimate of drug-likeness (QED) is 0.846. The highest BCUT2D eigenvalue weighted by Gasteiger charge is 2.10. The Morgan fingerprint density at radius 2 is 2.00 bits per heavy atom. The van der Waals surface area contributed by atoms with Crippen molar-refractivity contribution < 1.29 is 17.7 Å². The normalized spacial score (nSPS) is 11.4. The van der Waals surface area contributed by atoms with Crippen LogP contribution in [0.15, 0.2) is 21.1 Å². The van der Waals surface area contributed by atoms with Gasteiger partial charge in [0.25, 0.3) is 5.76 Å². The van der Waals surface area contributed by atoms with Crippen LogP contribution in [-0.2, 0) is 18.8 Å². The molecule has 0 fully saturated rings. The molecule has 20 heavy (non-hydrogen) atoms. The van der Waals surface area contributed by atoms with E-state index in [1.165, 1.54) is 0 Å². The zero-order valence-electron chi connectivity index (χ0n) is 11.3. The van der Waals surface area contributed by atoms with E-state index in [1.54, 1.807) is 12.1 Å². The van der Waals surface area contributed by atoms with Crippen LogP contribution in [0.4, 0.5) is 8.78 Å². The third-order valence-electron chi connectivity index (χ3n) is 2.85. The summed E-state index contributed by atoms with van der Waals surface area (Å²) in [4.78, 5) is 0. The maximum Gasteiger partial charge on any atom is 0.284 e. The molecule has 0 unspecified atom stereocenters. The van der Waals surface area contributed by atoms with E-state index in [0.717, 1.165) is 22.8 Å². The largest absolute Gasteiger partial charge is 0.464 e. The number of aromatic nitrogens is 1. The molecular weight excluding hydrogens is 286 g/mol. The lowest BCUT2D eigenvalue weighted by atomic mass is 10.2. The molecule has 0 saturated heterocycles. The molecule has 0 aromatic carbocycles. The van der Waals surface area contributed by atoms with Crippen molar-refractivity contribution in [1.29, 1.82) is 0 Å². The fourth-order valence-corrected chi connectivity index (χ4v) is 2.25. The number of hydrogen-bond acceptors (Lipinski definition) is 5. The Morgan fingerprint density at radius 3 is 2.65 bits per heavy atom. The van der Waals surface area contributed by atoms with Gasteiger partial charge in [0, 0.05) is 12.1 Å². The lowest BCUT2D eigenvalue weighted by molar-refractivity contribution is 0.251. The molecule has 2 aromatic rings. The van der Waals surface area contributed by atoms with Gasteiger partial charge in [0.15, 0.2) is 0 Å². The number of halogens is 2. The molecule has 0 amide bonds. The number of thioether (sulfide) groups is 1. The number of nitrogens with one attached hydrogen (secondary N) is 1. The average molecular weight is 302 g/mol. The third-order valence-corrected chi connectivity index (χ3v) is 3.55. The number of aryl methyl sites for hydroxylation is 2. The van der Waals surface area contributed by atoms with Crippen LogP contribution in [-0.4, -0.2) is 10.9 Å². The number of hydrogen-bond donors (Lipinski definition) is 1. The predicted molar refractivity (Wildman–Crippen MR) is 72.5 cm³/mol. The van der Waals surface area contributed by atoms with Gasteiger partial charge < -0.3 is 14.3 Å². The van der Waals surface area contributed by atoms with Crippen molar-refractivity contribution in [3.8, 4) is 0 Å². The lowest BCUT2D eigenvalue weighted by Gasteiger charge is -2.02. The second-order valence-corrected chi connectivity index (χ2v) is 5.32. The van der Waals surface area contributed by atoms with Gasteiger partial charge in [-0.25, -0.2) is 0 Å². The van der Waals surface area contributed by atoms with Crippen molar-refractivity contribution >= 4 is 11.8 Å². The first-order valence-electron chi connectivity index (χ1n) is 6.16. The summed E-state index contributed by atoms with van der Waals surface area (Å²) in [5, 5.41) is 7.09. The van der Waals surface area contributed by atoms with Crippen LogP contribution in [0.3, 0.4) is 0 Å². The summed E-state index contributed by atoms with van der Waals surface area (Å²) >= 11 is 0.555. The highest BCUT2D eigenvalue weighted by atomic mass is 32.2. The molecule has 0 atom stereocenters. The smallest absolute Gasteiger partial charge is 0.284 e. The first kappa shape index (κ1) is 15.1. The van der Waals surface area contributed by atoms with E-state index in [4.69, 9.17) is 8.94 Å². The average Bonchev–Trinajstić information content (AvgIpc) is 2.97. The Morgan fingerprint density at radius 1 is 1.25 bits per heavy atom. The van der Waals surface area contributed by atoms with Gasteiger partial charge in [0.1, 0.15) is 17.3 Å². The zero-order chi connectivity index (χ0) is 14.5. The first-order chi connectivity index (χ1) is 9.56. The van der Waals surface area contributed by atoms with Gasteiger partial charge in [-0.3, -0.25) is 0 Å². The van der Waals surface area contributed by atoms with E-state index in [2.05, 4.69) is 10.5 Å². The van der Waals surface area contributed by atoms with Gasteiger partial charge in [0.2, 0.25) is 0 Å². The van der Waals surface area contributed by atoms with Crippen LogP contribution in [0.2, 0.25) is 0 Å². The number of rotatable bonds is 7. The molecule has 2 aromatic heterocycles. The first-order valence-corrected chi connectivity index (χ1v) is 7.21. The molecule has 4 nitrogen and oxygen atoms in total. The van der Waals surface area contributed by atoms with Gasteiger partial charge in [0.05, 0.1) is 18.0 Å². The van der Waals surface area contributed by atoms with Crippen LogP contribution >= 0.6 is 11.8 Å². The number of nitrogens with zero attached hydrogens (tertiary/aromatic N) is 1. The molecule has 0 bridgehead atoms. The molecule has 0 spiro atoms. The van der Waals surface area contributed by atoms with Crippen LogP contribution < -0.4 is 5.32 Å². The highest BCUT2D eigenvalue weighted by Crippen LogP contribution is 2.21. The minimum Gasteiger partial charge on any atom is -0.464 e. The molecule has 2 rings (SSSR count). The molecule has 0 aliphatic heterocycles. The van der Waals surface area contributed by atoms with Crippen molar-refractivity contribution in [3.05, 3.63) is 40.7 Å². The Kier molecular flexibility index (Phi) is 5.19. The Hall–Kier alpha value is -1.34. The summed E-state index contributed by atoms with van der Waals surface area (Å²) in [6, 6.07) is 3.52. The van der Waals surface area contributed by atoms with Crippen LogP contribution in [0.1, 0.15) is 28.5 Å². The van der Waals surface area contributed by atoms with Crippen LogP contribution in [0.25, 0.3) is 0 Å². The summed E-state index contributed by atoms with van der Waals surface area (Å²) in [6.45, 7) is 4.91. The summed E-state index contributed by atoms with van der Waals surface area (Å²) in [5.41, 5.74) is 1.90. The van der Waals surface area contributed by atoms with E-state index in [9.17, 15) is 8.78 Å². The standard InChI is InChI=1S/C13H16F2N2O2S/c1-8-12(9(2)19-17-8)6-16-5-10-3-4-11(18-10)7-20-13(14)15/h3-4,13,16H,5-7H2,1-2H3. The number of alkyl halides is 2. The minimum absolute atomic E-state index is 0.182. The second kappa shape index (κ2) is 6.90. The minimum atomic E-state index is -2.37. The van der Waals surface area contributed by atoms with Crippen LogP contribution in [0, 0.1) is 13.8 Å².